The Bertz CT molecular complexity index is 1430. The van der Waals surface area contributed by atoms with E-state index < -0.39 is 23.4 Å². The van der Waals surface area contributed by atoms with Gasteiger partial charge in [-0.1, -0.05) is 11.6 Å². The molecule has 2 saturated carbocycles. The highest BCUT2D eigenvalue weighted by Crippen LogP contribution is 2.69. The van der Waals surface area contributed by atoms with Gasteiger partial charge in [0.1, 0.15) is 29.7 Å². The Morgan fingerprint density at radius 1 is 1.24 bits per heavy atom. The minimum absolute atomic E-state index is 0.117. The Balaban J connectivity index is 1.28. The summed E-state index contributed by atoms with van der Waals surface area (Å²) in [6.45, 7) is 1.93. The Morgan fingerprint density at radius 2 is 2.06 bits per heavy atom. The number of nitrogen functional groups attached to an aromatic ring is 1. The number of aliphatic hydroxyl groups is 2. The number of hydrogen-bond donors (Lipinski definition) is 3. The van der Waals surface area contributed by atoms with Crippen molar-refractivity contribution in [3.05, 3.63) is 58.9 Å². The third-order valence-corrected chi connectivity index (χ3v) is 7.99. The molecule has 0 saturated heterocycles. The summed E-state index contributed by atoms with van der Waals surface area (Å²) in [7, 11) is 0. The van der Waals surface area contributed by atoms with E-state index in [1.165, 1.54) is 18.5 Å². The quantitative estimate of drug-likeness (QED) is 0.423. The maximum atomic E-state index is 14.7. The lowest BCUT2D eigenvalue weighted by Crippen LogP contribution is -2.34. The van der Waals surface area contributed by atoms with Crippen LogP contribution in [0.25, 0.3) is 21.9 Å². The molecule has 0 radical (unpaired) electrons. The molecular weight excluding hydrogens is 445 g/mol. The van der Waals surface area contributed by atoms with Gasteiger partial charge in [0.25, 0.3) is 0 Å². The van der Waals surface area contributed by atoms with Crippen LogP contribution in [-0.2, 0) is 6.42 Å². The van der Waals surface area contributed by atoms with Gasteiger partial charge in [0.2, 0.25) is 0 Å². The Labute approximate surface area is 194 Å². The minimum atomic E-state index is -0.897. The van der Waals surface area contributed by atoms with Crippen molar-refractivity contribution < 1.29 is 14.6 Å². The van der Waals surface area contributed by atoms with Crippen LogP contribution in [0.4, 0.5) is 10.2 Å². The van der Waals surface area contributed by atoms with E-state index in [1.807, 2.05) is 29.8 Å². The third kappa shape index (κ3) is 2.97. The molecular formula is C24H23ClFN5O2. The van der Waals surface area contributed by atoms with Crippen LogP contribution in [0.2, 0.25) is 5.02 Å². The number of anilines is 1. The highest BCUT2D eigenvalue weighted by molar-refractivity contribution is 6.33. The van der Waals surface area contributed by atoms with Crippen molar-refractivity contribution >= 4 is 39.4 Å². The Morgan fingerprint density at radius 3 is 2.88 bits per heavy atom. The summed E-state index contributed by atoms with van der Waals surface area (Å²) in [6.07, 6.45) is 3.68. The molecule has 170 valence electrons. The summed E-state index contributed by atoms with van der Waals surface area (Å²) in [5.41, 5.74) is 8.26. The molecule has 2 fully saturated rings. The van der Waals surface area contributed by atoms with Crippen LogP contribution in [-0.4, -0.2) is 41.9 Å². The number of pyridine rings is 1. The molecule has 4 N–H and O–H groups in total. The lowest BCUT2D eigenvalue weighted by atomic mass is 9.91. The van der Waals surface area contributed by atoms with Gasteiger partial charge in [-0.15, -0.1) is 0 Å². The maximum absolute atomic E-state index is 14.7. The monoisotopic (exact) mass is 467 g/mol. The average Bonchev–Trinajstić information content (AvgIpc) is 3.27. The SMILES string of the molecule is Cc1ncnc2c1ccn2[C@H]1[C@H](O)[C@H](O)[C@@]2(CCc3cc(F)c4cc(Cl)c(N)nc4c3)C[C@H]12. The van der Waals surface area contributed by atoms with Crippen molar-refractivity contribution in [2.24, 2.45) is 11.3 Å². The number of nitrogens with two attached hydrogens (primary N) is 1. The molecule has 4 aromatic rings. The second-order valence-corrected chi connectivity index (χ2v) is 9.80. The van der Waals surface area contributed by atoms with E-state index in [1.54, 1.807) is 0 Å². The molecule has 7 nitrogen and oxygen atoms in total. The molecule has 33 heavy (non-hydrogen) atoms. The molecule has 5 atom stereocenters. The van der Waals surface area contributed by atoms with E-state index in [-0.39, 0.29) is 22.8 Å². The highest BCUT2D eigenvalue weighted by atomic mass is 35.5. The molecule has 0 unspecified atom stereocenters. The van der Waals surface area contributed by atoms with Crippen LogP contribution in [0, 0.1) is 24.1 Å². The molecule has 0 spiro atoms. The second-order valence-electron chi connectivity index (χ2n) is 9.39. The van der Waals surface area contributed by atoms with E-state index in [9.17, 15) is 14.6 Å². The van der Waals surface area contributed by atoms with E-state index in [4.69, 9.17) is 17.3 Å². The molecule has 0 aliphatic heterocycles. The minimum Gasteiger partial charge on any atom is -0.390 e. The normalized spacial score (nSPS) is 28.5. The summed E-state index contributed by atoms with van der Waals surface area (Å²) in [5.74, 6) is -0.122. The van der Waals surface area contributed by atoms with Crippen molar-refractivity contribution in [2.75, 3.05) is 5.73 Å². The first kappa shape index (κ1) is 20.8. The van der Waals surface area contributed by atoms with Gasteiger partial charge >= 0.3 is 0 Å². The number of benzene rings is 1. The second kappa shape index (κ2) is 7.09. The fourth-order valence-corrected chi connectivity index (χ4v) is 6.00. The lowest BCUT2D eigenvalue weighted by Gasteiger charge is -2.24. The summed E-state index contributed by atoms with van der Waals surface area (Å²) >= 11 is 5.99. The van der Waals surface area contributed by atoms with Crippen molar-refractivity contribution in [1.29, 1.82) is 0 Å². The zero-order valence-corrected chi connectivity index (χ0v) is 18.7. The molecule has 3 heterocycles. The first-order chi connectivity index (χ1) is 15.8. The number of halogens is 2. The van der Waals surface area contributed by atoms with Crippen molar-refractivity contribution in [3.8, 4) is 0 Å². The number of hydrogen-bond acceptors (Lipinski definition) is 6. The van der Waals surface area contributed by atoms with Crippen LogP contribution in [0.1, 0.15) is 30.1 Å². The third-order valence-electron chi connectivity index (χ3n) is 7.69. The zero-order chi connectivity index (χ0) is 23.1. The Hall–Kier alpha value is -2.81. The van der Waals surface area contributed by atoms with Gasteiger partial charge in [0, 0.05) is 22.4 Å². The number of aliphatic hydroxyl groups excluding tert-OH is 2. The molecule has 0 bridgehead atoms. The van der Waals surface area contributed by atoms with Gasteiger partial charge in [-0.3, -0.25) is 0 Å². The number of aryl methyl sites for hydroxylation is 2. The van der Waals surface area contributed by atoms with Crippen molar-refractivity contribution in [1.82, 2.24) is 19.5 Å². The fourth-order valence-electron chi connectivity index (χ4n) is 5.85. The average molecular weight is 468 g/mol. The largest absolute Gasteiger partial charge is 0.390 e. The van der Waals surface area contributed by atoms with Gasteiger partial charge in [0.05, 0.1) is 28.4 Å². The molecule has 2 aliphatic rings. The topological polar surface area (TPSA) is 110 Å². The molecule has 1 aromatic carbocycles. The van der Waals surface area contributed by atoms with Crippen molar-refractivity contribution in [3.63, 3.8) is 0 Å². The van der Waals surface area contributed by atoms with Gasteiger partial charge < -0.3 is 20.5 Å². The van der Waals surface area contributed by atoms with Crippen LogP contribution < -0.4 is 5.73 Å². The zero-order valence-electron chi connectivity index (χ0n) is 17.9. The van der Waals surface area contributed by atoms with Crippen LogP contribution >= 0.6 is 11.6 Å². The first-order valence-electron chi connectivity index (χ1n) is 11.0. The molecule has 0 amide bonds. The van der Waals surface area contributed by atoms with Crippen LogP contribution in [0.5, 0.6) is 0 Å². The fraction of sp³-hybridized carbons (Fsp3) is 0.375. The van der Waals surface area contributed by atoms with Gasteiger partial charge in [0.15, 0.2) is 0 Å². The highest BCUT2D eigenvalue weighted by Gasteiger charge is 2.70. The van der Waals surface area contributed by atoms with Crippen molar-refractivity contribution in [2.45, 2.75) is 44.4 Å². The predicted molar refractivity (Wildman–Crippen MR) is 123 cm³/mol. The predicted octanol–water partition coefficient (Wildman–Crippen LogP) is 3.58. The summed E-state index contributed by atoms with van der Waals surface area (Å²) in [4.78, 5) is 12.9. The number of fused-ring (bicyclic) bond motifs is 3. The van der Waals surface area contributed by atoms with E-state index >= 15 is 0 Å². The summed E-state index contributed by atoms with van der Waals surface area (Å²) in [5, 5.41) is 23.5. The molecule has 9 heteroatoms. The van der Waals surface area contributed by atoms with E-state index in [0.717, 1.165) is 28.7 Å². The van der Waals surface area contributed by atoms with Gasteiger partial charge in [-0.2, -0.15) is 0 Å². The van der Waals surface area contributed by atoms with Crippen LogP contribution in [0.3, 0.4) is 0 Å². The van der Waals surface area contributed by atoms with E-state index in [2.05, 4.69) is 15.0 Å². The number of rotatable bonds is 4. The first-order valence-corrected chi connectivity index (χ1v) is 11.4. The lowest BCUT2D eigenvalue weighted by molar-refractivity contribution is -0.0191. The van der Waals surface area contributed by atoms with Crippen LogP contribution in [0.15, 0.2) is 36.8 Å². The maximum Gasteiger partial charge on any atom is 0.143 e. The van der Waals surface area contributed by atoms with Gasteiger partial charge in [-0.05, 0) is 61.9 Å². The standard InChI is InChI=1S/C24H23ClFN5O2/c1-11-13-3-5-31(23(13)29-10-28-11)19-15-9-24(15,21(33)20(19)32)4-2-12-6-17(26)14-8-16(25)22(27)30-18(14)7-12/h3,5-8,10,15,19-21,32-33H,2,4,9H2,1H3,(H2,27,30)/t15-,19-,20+,21+,24+/m1/s1. The molecule has 6 rings (SSSR count). The van der Waals surface area contributed by atoms with E-state index in [0.29, 0.717) is 23.7 Å². The number of nitrogens with zero attached hydrogens (tertiary/aromatic N) is 4. The number of aromatic nitrogens is 4. The summed E-state index contributed by atoms with van der Waals surface area (Å²) < 4.78 is 16.7. The molecule has 3 aromatic heterocycles. The molecule has 2 aliphatic carbocycles. The Kier molecular flexibility index (Phi) is 4.46. The smallest absolute Gasteiger partial charge is 0.143 e. The summed E-state index contributed by atoms with van der Waals surface area (Å²) in [6, 6.07) is 6.48. The van der Waals surface area contributed by atoms with Gasteiger partial charge in [-0.25, -0.2) is 19.3 Å².